The van der Waals surface area contributed by atoms with E-state index in [2.05, 4.69) is 45.9 Å². The number of nitrogen functional groups attached to an aromatic ring is 1. The van der Waals surface area contributed by atoms with Gasteiger partial charge in [0.25, 0.3) is 0 Å². The summed E-state index contributed by atoms with van der Waals surface area (Å²) in [6, 6.07) is 22.2. The lowest BCUT2D eigenvalue weighted by Crippen LogP contribution is -2.38. The number of nitrogens with zero attached hydrogens (tertiary/aromatic N) is 4. The third kappa shape index (κ3) is 5.64. The van der Waals surface area contributed by atoms with Crippen molar-refractivity contribution >= 4 is 11.8 Å². The average molecular weight is 416 g/mol. The summed E-state index contributed by atoms with van der Waals surface area (Å²) in [6.07, 6.45) is 1.39. The van der Waals surface area contributed by atoms with Crippen LogP contribution < -0.4 is 16.4 Å². The van der Waals surface area contributed by atoms with Crippen molar-refractivity contribution in [3.8, 4) is 11.8 Å². The molecule has 2 aromatic carbocycles. The highest BCUT2D eigenvalue weighted by Gasteiger charge is 2.16. The molecule has 7 nitrogen and oxygen atoms in total. The van der Waals surface area contributed by atoms with Crippen LogP contribution in [0.25, 0.3) is 5.69 Å². The summed E-state index contributed by atoms with van der Waals surface area (Å²) in [6.45, 7) is 5.55. The van der Waals surface area contributed by atoms with Crippen LogP contribution in [0.4, 0.5) is 5.82 Å². The van der Waals surface area contributed by atoms with Gasteiger partial charge in [0.1, 0.15) is 17.5 Å². The van der Waals surface area contributed by atoms with Crippen LogP contribution in [-0.2, 0) is 6.42 Å². The second-order valence-corrected chi connectivity index (χ2v) is 7.21. The first-order valence-electron chi connectivity index (χ1n) is 10.6. The Bertz CT molecular complexity index is 1030. The van der Waals surface area contributed by atoms with Gasteiger partial charge >= 0.3 is 0 Å². The minimum atomic E-state index is 0.144. The predicted molar refractivity (Wildman–Crippen MR) is 125 cm³/mol. The topological polar surface area (TPSA) is 104 Å². The fraction of sp³-hybridized carbons (Fsp3) is 0.292. The number of rotatable bonds is 8. The van der Waals surface area contributed by atoms with E-state index in [0.717, 1.165) is 24.6 Å². The number of aliphatic imine (C=N–C) groups is 1. The number of aryl methyl sites for hydroxylation is 1. The largest absolute Gasteiger partial charge is 0.382 e. The van der Waals surface area contributed by atoms with Gasteiger partial charge in [-0.3, -0.25) is 4.99 Å². The van der Waals surface area contributed by atoms with Crippen LogP contribution in [0.15, 0.2) is 65.7 Å². The minimum Gasteiger partial charge on any atom is -0.382 e. The first kappa shape index (κ1) is 21.9. The van der Waals surface area contributed by atoms with Crippen molar-refractivity contribution < 1.29 is 0 Å². The molecule has 0 aliphatic heterocycles. The number of aromatic nitrogens is 2. The molecular formula is C24H29N7. The van der Waals surface area contributed by atoms with E-state index in [0.29, 0.717) is 30.0 Å². The molecule has 0 fully saturated rings. The Morgan fingerprint density at radius 2 is 1.84 bits per heavy atom. The zero-order chi connectivity index (χ0) is 22.1. The number of guanidine groups is 1. The summed E-state index contributed by atoms with van der Waals surface area (Å²) in [5.41, 5.74) is 9.37. The average Bonchev–Trinajstić information content (AvgIpc) is 3.13. The summed E-state index contributed by atoms with van der Waals surface area (Å²) < 4.78 is 1.63. The number of hydrogen-bond acceptors (Lipinski definition) is 4. The van der Waals surface area contributed by atoms with Crippen molar-refractivity contribution in [1.29, 1.82) is 5.26 Å². The van der Waals surface area contributed by atoms with E-state index < -0.39 is 0 Å². The van der Waals surface area contributed by atoms with Gasteiger partial charge in [-0.25, -0.2) is 4.68 Å². The highest BCUT2D eigenvalue weighted by atomic mass is 15.3. The van der Waals surface area contributed by atoms with Crippen LogP contribution in [0.3, 0.4) is 0 Å². The van der Waals surface area contributed by atoms with Crippen molar-refractivity contribution in [2.75, 3.05) is 18.8 Å². The first-order chi connectivity index (χ1) is 15.1. The molecule has 0 radical (unpaired) electrons. The SMILES string of the molecule is CCNC(=NCCCc1nn(-c2ccccc2)c(N)c1C#N)NC(C)c1ccccc1. The minimum absolute atomic E-state index is 0.144. The molecule has 1 heterocycles. The van der Waals surface area contributed by atoms with Crippen LogP contribution in [-0.4, -0.2) is 28.8 Å². The molecule has 0 amide bonds. The number of benzene rings is 2. The molecule has 160 valence electrons. The molecule has 1 aromatic heterocycles. The van der Waals surface area contributed by atoms with E-state index in [-0.39, 0.29) is 6.04 Å². The molecule has 31 heavy (non-hydrogen) atoms. The van der Waals surface area contributed by atoms with E-state index in [4.69, 9.17) is 5.73 Å². The molecule has 7 heteroatoms. The van der Waals surface area contributed by atoms with Gasteiger partial charge in [-0.2, -0.15) is 10.4 Å². The van der Waals surface area contributed by atoms with Crippen LogP contribution in [0.5, 0.6) is 0 Å². The van der Waals surface area contributed by atoms with Crippen molar-refractivity contribution in [3.05, 3.63) is 77.5 Å². The smallest absolute Gasteiger partial charge is 0.191 e. The number of para-hydroxylation sites is 1. The van der Waals surface area contributed by atoms with E-state index in [9.17, 15) is 5.26 Å². The third-order valence-corrected chi connectivity index (χ3v) is 4.94. The molecule has 0 aliphatic carbocycles. The van der Waals surface area contributed by atoms with Gasteiger partial charge < -0.3 is 16.4 Å². The molecule has 0 saturated heterocycles. The normalized spacial score (nSPS) is 12.2. The zero-order valence-corrected chi connectivity index (χ0v) is 18.0. The van der Waals surface area contributed by atoms with Crippen molar-refractivity contribution in [2.45, 2.75) is 32.7 Å². The fourth-order valence-corrected chi connectivity index (χ4v) is 3.33. The summed E-state index contributed by atoms with van der Waals surface area (Å²) in [5.74, 6) is 1.15. The Morgan fingerprint density at radius 1 is 1.16 bits per heavy atom. The number of hydrogen-bond donors (Lipinski definition) is 3. The molecule has 0 bridgehead atoms. The monoisotopic (exact) mass is 415 g/mol. The van der Waals surface area contributed by atoms with Gasteiger partial charge in [-0.05, 0) is 44.4 Å². The standard InChI is InChI=1S/C24H29N7/c1-3-27-24(29-18(2)19-11-6-4-7-12-19)28-16-10-15-22-21(17-25)23(26)31(30-22)20-13-8-5-9-14-20/h4-9,11-14,18H,3,10,15-16,26H2,1-2H3,(H2,27,28,29). The molecule has 3 rings (SSSR count). The Labute approximate surface area is 183 Å². The Hall–Kier alpha value is -3.79. The maximum Gasteiger partial charge on any atom is 0.191 e. The van der Waals surface area contributed by atoms with Crippen LogP contribution in [0.1, 0.15) is 43.1 Å². The van der Waals surface area contributed by atoms with Gasteiger partial charge in [0.15, 0.2) is 5.96 Å². The lowest BCUT2D eigenvalue weighted by molar-refractivity contribution is 0.682. The highest BCUT2D eigenvalue weighted by molar-refractivity contribution is 5.80. The van der Waals surface area contributed by atoms with Crippen molar-refractivity contribution in [2.24, 2.45) is 4.99 Å². The van der Waals surface area contributed by atoms with Gasteiger partial charge in [-0.1, -0.05) is 48.5 Å². The first-order valence-corrected chi connectivity index (χ1v) is 10.6. The molecule has 0 aliphatic rings. The van der Waals surface area contributed by atoms with Crippen LogP contribution >= 0.6 is 0 Å². The zero-order valence-electron chi connectivity index (χ0n) is 18.0. The number of nitrogens with two attached hydrogens (primary N) is 1. The van der Waals surface area contributed by atoms with Crippen molar-refractivity contribution in [1.82, 2.24) is 20.4 Å². The molecular weight excluding hydrogens is 386 g/mol. The Kier molecular flexibility index (Phi) is 7.66. The van der Waals surface area contributed by atoms with Gasteiger partial charge in [0, 0.05) is 13.1 Å². The number of nitriles is 1. The van der Waals surface area contributed by atoms with Gasteiger partial charge in [0.2, 0.25) is 0 Å². The summed E-state index contributed by atoms with van der Waals surface area (Å²) in [7, 11) is 0. The summed E-state index contributed by atoms with van der Waals surface area (Å²) in [5, 5.41) is 20.9. The second kappa shape index (κ2) is 10.8. The van der Waals surface area contributed by atoms with E-state index >= 15 is 0 Å². The van der Waals surface area contributed by atoms with E-state index in [1.807, 2.05) is 55.5 Å². The third-order valence-electron chi connectivity index (χ3n) is 4.94. The maximum atomic E-state index is 9.55. The lowest BCUT2D eigenvalue weighted by atomic mass is 10.1. The second-order valence-electron chi connectivity index (χ2n) is 7.21. The van der Waals surface area contributed by atoms with Gasteiger partial charge in [-0.15, -0.1) is 0 Å². The fourth-order valence-electron chi connectivity index (χ4n) is 3.33. The van der Waals surface area contributed by atoms with Crippen LogP contribution in [0.2, 0.25) is 0 Å². The molecule has 0 spiro atoms. The molecule has 1 atom stereocenters. The van der Waals surface area contributed by atoms with Gasteiger partial charge in [0.05, 0.1) is 17.4 Å². The number of nitrogens with one attached hydrogen (secondary N) is 2. The molecule has 3 aromatic rings. The summed E-state index contributed by atoms with van der Waals surface area (Å²) in [4.78, 5) is 4.68. The van der Waals surface area contributed by atoms with E-state index in [1.54, 1.807) is 4.68 Å². The lowest BCUT2D eigenvalue weighted by Gasteiger charge is -2.18. The maximum absolute atomic E-state index is 9.55. The molecule has 1 unspecified atom stereocenters. The van der Waals surface area contributed by atoms with Crippen LogP contribution in [0, 0.1) is 11.3 Å². The van der Waals surface area contributed by atoms with E-state index in [1.165, 1.54) is 5.56 Å². The highest BCUT2D eigenvalue weighted by Crippen LogP contribution is 2.21. The predicted octanol–water partition coefficient (Wildman–Crippen LogP) is 3.58. The molecule has 4 N–H and O–H groups in total. The Balaban J connectivity index is 1.64. The summed E-state index contributed by atoms with van der Waals surface area (Å²) >= 11 is 0. The van der Waals surface area contributed by atoms with Crippen molar-refractivity contribution in [3.63, 3.8) is 0 Å². The Morgan fingerprint density at radius 3 is 2.48 bits per heavy atom. The quantitative estimate of drug-likeness (QED) is 0.296. The molecule has 0 saturated carbocycles. The number of anilines is 1.